The molecule has 19 heavy (non-hydrogen) atoms. The molecule has 0 aliphatic heterocycles. The van der Waals surface area contributed by atoms with Gasteiger partial charge in [-0.1, -0.05) is 0 Å². The fourth-order valence-electron chi connectivity index (χ4n) is 1.85. The summed E-state index contributed by atoms with van der Waals surface area (Å²) in [6, 6.07) is 9.87. The highest BCUT2D eigenvalue weighted by atomic mass is 16.5. The predicted octanol–water partition coefficient (Wildman–Crippen LogP) is 2.31. The molecule has 2 rings (SSSR count). The van der Waals surface area contributed by atoms with Gasteiger partial charge in [0.1, 0.15) is 5.75 Å². The van der Waals surface area contributed by atoms with Gasteiger partial charge in [-0.15, -0.1) is 0 Å². The molecular formula is C15H15NO3. The third-order valence-corrected chi connectivity index (χ3v) is 2.79. The van der Waals surface area contributed by atoms with Gasteiger partial charge in [0.05, 0.1) is 6.61 Å². The Morgan fingerprint density at radius 1 is 1.16 bits per heavy atom. The number of H-pyrrole nitrogens is 1. The number of hydrogen-bond acceptors (Lipinski definition) is 3. The van der Waals surface area contributed by atoms with E-state index in [9.17, 15) is 9.59 Å². The van der Waals surface area contributed by atoms with Crippen molar-refractivity contribution < 1.29 is 9.53 Å². The lowest BCUT2D eigenvalue weighted by atomic mass is 10.0. The zero-order valence-electron chi connectivity index (χ0n) is 10.9. The molecule has 0 aliphatic carbocycles. The standard InChI is InChI=1S/C15H15NO3/c1-3-19-12-6-4-11(5-7-12)15(18)13-8-9-14(17)16-10(13)2/h4-9H,3H2,1-2H3,(H,16,17). The second-order valence-electron chi connectivity index (χ2n) is 4.15. The van der Waals surface area contributed by atoms with Gasteiger partial charge in [-0.3, -0.25) is 9.59 Å². The maximum atomic E-state index is 12.3. The summed E-state index contributed by atoms with van der Waals surface area (Å²) in [5.41, 5.74) is 1.44. The largest absolute Gasteiger partial charge is 0.494 e. The molecule has 0 unspecified atom stereocenters. The van der Waals surface area contributed by atoms with Crippen molar-refractivity contribution in [3.05, 3.63) is 63.6 Å². The number of benzene rings is 1. The summed E-state index contributed by atoms with van der Waals surface area (Å²) in [5, 5.41) is 0. The summed E-state index contributed by atoms with van der Waals surface area (Å²) >= 11 is 0. The van der Waals surface area contributed by atoms with Crippen LogP contribution in [0.1, 0.15) is 28.5 Å². The summed E-state index contributed by atoms with van der Waals surface area (Å²) < 4.78 is 5.33. The lowest BCUT2D eigenvalue weighted by molar-refractivity contribution is 0.103. The Labute approximate surface area is 111 Å². The third-order valence-electron chi connectivity index (χ3n) is 2.79. The average molecular weight is 257 g/mol. The van der Waals surface area contributed by atoms with Crippen molar-refractivity contribution in [2.75, 3.05) is 6.61 Å². The van der Waals surface area contributed by atoms with Gasteiger partial charge in [-0.05, 0) is 44.2 Å². The highest BCUT2D eigenvalue weighted by molar-refractivity contribution is 6.09. The quantitative estimate of drug-likeness (QED) is 0.855. The molecular weight excluding hydrogens is 242 g/mol. The molecule has 0 bridgehead atoms. The van der Waals surface area contributed by atoms with Crippen molar-refractivity contribution in [2.24, 2.45) is 0 Å². The average Bonchev–Trinajstić information content (AvgIpc) is 2.39. The summed E-state index contributed by atoms with van der Waals surface area (Å²) in [7, 11) is 0. The lowest BCUT2D eigenvalue weighted by Gasteiger charge is -2.06. The highest BCUT2D eigenvalue weighted by Crippen LogP contribution is 2.16. The molecule has 0 atom stereocenters. The van der Waals surface area contributed by atoms with E-state index >= 15 is 0 Å². The zero-order chi connectivity index (χ0) is 13.8. The number of aromatic amines is 1. The molecule has 4 nitrogen and oxygen atoms in total. The maximum Gasteiger partial charge on any atom is 0.248 e. The smallest absolute Gasteiger partial charge is 0.248 e. The first-order valence-corrected chi connectivity index (χ1v) is 6.09. The van der Waals surface area contributed by atoms with Gasteiger partial charge < -0.3 is 9.72 Å². The van der Waals surface area contributed by atoms with Gasteiger partial charge in [0, 0.05) is 22.9 Å². The van der Waals surface area contributed by atoms with E-state index in [1.165, 1.54) is 6.07 Å². The maximum absolute atomic E-state index is 12.3. The van der Waals surface area contributed by atoms with Gasteiger partial charge in [-0.2, -0.15) is 0 Å². The molecule has 1 heterocycles. The topological polar surface area (TPSA) is 59.2 Å². The molecule has 0 spiro atoms. The second kappa shape index (κ2) is 5.52. The van der Waals surface area contributed by atoms with E-state index in [-0.39, 0.29) is 11.3 Å². The fourth-order valence-corrected chi connectivity index (χ4v) is 1.85. The zero-order valence-corrected chi connectivity index (χ0v) is 10.9. The SMILES string of the molecule is CCOc1ccc(C(=O)c2ccc(=O)[nH]c2C)cc1. The van der Waals surface area contributed by atoms with Crippen LogP contribution in [-0.4, -0.2) is 17.4 Å². The molecule has 0 saturated heterocycles. The van der Waals surface area contributed by atoms with E-state index in [0.29, 0.717) is 23.4 Å². The molecule has 2 aromatic rings. The van der Waals surface area contributed by atoms with E-state index in [1.54, 1.807) is 37.3 Å². The van der Waals surface area contributed by atoms with Crippen LogP contribution in [0.3, 0.4) is 0 Å². The number of ketones is 1. The number of ether oxygens (including phenoxy) is 1. The summed E-state index contributed by atoms with van der Waals surface area (Å²) in [5.74, 6) is 0.619. The first kappa shape index (κ1) is 13.1. The number of rotatable bonds is 4. The second-order valence-corrected chi connectivity index (χ2v) is 4.15. The van der Waals surface area contributed by atoms with Crippen LogP contribution >= 0.6 is 0 Å². The molecule has 1 aromatic carbocycles. The van der Waals surface area contributed by atoms with E-state index < -0.39 is 0 Å². The number of aromatic nitrogens is 1. The van der Waals surface area contributed by atoms with Crippen LogP contribution in [-0.2, 0) is 0 Å². The van der Waals surface area contributed by atoms with Gasteiger partial charge in [0.2, 0.25) is 5.56 Å². The molecule has 0 radical (unpaired) electrons. The number of pyridine rings is 1. The van der Waals surface area contributed by atoms with E-state index in [2.05, 4.69) is 4.98 Å². The Kier molecular flexibility index (Phi) is 3.80. The van der Waals surface area contributed by atoms with Crippen molar-refractivity contribution in [3.63, 3.8) is 0 Å². The first-order chi connectivity index (χ1) is 9.11. The van der Waals surface area contributed by atoms with Crippen molar-refractivity contribution in [3.8, 4) is 5.75 Å². The van der Waals surface area contributed by atoms with Crippen molar-refractivity contribution in [1.29, 1.82) is 0 Å². The minimum absolute atomic E-state index is 0.114. The molecule has 1 aromatic heterocycles. The van der Waals surface area contributed by atoms with Crippen LogP contribution in [0.4, 0.5) is 0 Å². The summed E-state index contributed by atoms with van der Waals surface area (Å²) in [4.78, 5) is 26.0. The fraction of sp³-hybridized carbons (Fsp3) is 0.200. The molecule has 0 fully saturated rings. The number of carbonyl (C=O) groups excluding carboxylic acids is 1. The van der Waals surface area contributed by atoms with Crippen molar-refractivity contribution >= 4 is 5.78 Å². The van der Waals surface area contributed by atoms with Crippen LogP contribution in [0.5, 0.6) is 5.75 Å². The van der Waals surface area contributed by atoms with E-state index in [1.807, 2.05) is 6.92 Å². The van der Waals surface area contributed by atoms with Crippen LogP contribution < -0.4 is 10.3 Å². The monoisotopic (exact) mass is 257 g/mol. The number of nitrogens with one attached hydrogen (secondary N) is 1. The van der Waals surface area contributed by atoms with Crippen molar-refractivity contribution in [2.45, 2.75) is 13.8 Å². The van der Waals surface area contributed by atoms with Crippen LogP contribution in [0.25, 0.3) is 0 Å². The van der Waals surface area contributed by atoms with E-state index in [4.69, 9.17) is 4.74 Å². The van der Waals surface area contributed by atoms with Crippen LogP contribution in [0, 0.1) is 6.92 Å². The van der Waals surface area contributed by atoms with Crippen molar-refractivity contribution in [1.82, 2.24) is 4.98 Å². The minimum atomic E-state index is -0.208. The van der Waals surface area contributed by atoms with Gasteiger partial charge >= 0.3 is 0 Å². The van der Waals surface area contributed by atoms with Crippen LogP contribution in [0.2, 0.25) is 0 Å². The molecule has 4 heteroatoms. The molecule has 0 amide bonds. The minimum Gasteiger partial charge on any atom is -0.494 e. The normalized spacial score (nSPS) is 10.2. The number of hydrogen-bond donors (Lipinski definition) is 1. The third kappa shape index (κ3) is 2.91. The highest BCUT2D eigenvalue weighted by Gasteiger charge is 2.12. The summed E-state index contributed by atoms with van der Waals surface area (Å²) in [6.07, 6.45) is 0. The Morgan fingerprint density at radius 3 is 2.42 bits per heavy atom. The predicted molar refractivity (Wildman–Crippen MR) is 72.8 cm³/mol. The van der Waals surface area contributed by atoms with Gasteiger partial charge in [0.25, 0.3) is 0 Å². The first-order valence-electron chi connectivity index (χ1n) is 6.09. The van der Waals surface area contributed by atoms with Crippen LogP contribution in [0.15, 0.2) is 41.2 Å². The summed E-state index contributed by atoms with van der Waals surface area (Å²) in [6.45, 7) is 4.21. The molecule has 1 N–H and O–H groups in total. The van der Waals surface area contributed by atoms with Gasteiger partial charge in [-0.25, -0.2) is 0 Å². The Bertz CT molecular complexity index is 641. The molecule has 0 saturated carbocycles. The number of carbonyl (C=O) groups is 1. The van der Waals surface area contributed by atoms with E-state index in [0.717, 1.165) is 5.75 Å². The Balaban J connectivity index is 2.30. The van der Waals surface area contributed by atoms with Gasteiger partial charge in [0.15, 0.2) is 5.78 Å². The Morgan fingerprint density at radius 2 is 1.84 bits per heavy atom. The molecule has 98 valence electrons. The number of aryl methyl sites for hydroxylation is 1. The molecule has 0 aliphatic rings. The lowest BCUT2D eigenvalue weighted by Crippen LogP contribution is -2.12. The Hall–Kier alpha value is -2.36.